The van der Waals surface area contributed by atoms with Crippen LogP contribution in [0.2, 0.25) is 0 Å². The molecule has 0 aliphatic heterocycles. The number of rotatable bonds is 4. The Labute approximate surface area is 123 Å². The van der Waals surface area contributed by atoms with E-state index in [0.29, 0.717) is 23.3 Å². The SMILES string of the molecule is COc1cc(NC(=O)c2ccn(C3CCCC3)n2)ccn1. The summed E-state index contributed by atoms with van der Waals surface area (Å²) < 4.78 is 6.94. The summed E-state index contributed by atoms with van der Waals surface area (Å²) in [6.07, 6.45) is 8.24. The molecule has 0 atom stereocenters. The Hall–Kier alpha value is -2.37. The van der Waals surface area contributed by atoms with Gasteiger partial charge < -0.3 is 10.1 Å². The maximum Gasteiger partial charge on any atom is 0.276 e. The molecule has 21 heavy (non-hydrogen) atoms. The van der Waals surface area contributed by atoms with Crippen molar-refractivity contribution in [3.63, 3.8) is 0 Å². The van der Waals surface area contributed by atoms with E-state index in [2.05, 4.69) is 15.4 Å². The largest absolute Gasteiger partial charge is 0.481 e. The molecule has 1 aliphatic rings. The van der Waals surface area contributed by atoms with E-state index in [4.69, 9.17) is 4.74 Å². The highest BCUT2D eigenvalue weighted by Crippen LogP contribution is 2.28. The molecule has 1 aliphatic carbocycles. The number of pyridine rings is 1. The first kappa shape index (κ1) is 13.6. The Morgan fingerprint density at radius 1 is 1.38 bits per heavy atom. The van der Waals surface area contributed by atoms with Gasteiger partial charge >= 0.3 is 0 Å². The van der Waals surface area contributed by atoms with Gasteiger partial charge in [0.2, 0.25) is 5.88 Å². The first-order chi connectivity index (χ1) is 10.3. The minimum Gasteiger partial charge on any atom is -0.481 e. The first-order valence-corrected chi connectivity index (χ1v) is 7.13. The molecule has 6 heteroatoms. The van der Waals surface area contributed by atoms with Gasteiger partial charge in [-0.05, 0) is 25.0 Å². The van der Waals surface area contributed by atoms with E-state index in [1.165, 1.54) is 20.0 Å². The molecule has 110 valence electrons. The lowest BCUT2D eigenvalue weighted by atomic mass is 10.3. The molecule has 2 aromatic heterocycles. The highest BCUT2D eigenvalue weighted by molar-refractivity contribution is 6.02. The van der Waals surface area contributed by atoms with Crippen molar-refractivity contribution in [2.45, 2.75) is 31.7 Å². The second-order valence-electron chi connectivity index (χ2n) is 5.16. The Morgan fingerprint density at radius 3 is 2.95 bits per heavy atom. The highest BCUT2D eigenvalue weighted by atomic mass is 16.5. The van der Waals surface area contributed by atoms with Gasteiger partial charge in [-0.1, -0.05) is 12.8 Å². The molecular formula is C15H18N4O2. The number of anilines is 1. The third-order valence-corrected chi connectivity index (χ3v) is 3.74. The number of nitrogens with one attached hydrogen (secondary N) is 1. The molecule has 0 spiro atoms. The summed E-state index contributed by atoms with van der Waals surface area (Å²) >= 11 is 0. The van der Waals surface area contributed by atoms with Gasteiger partial charge in [-0.15, -0.1) is 0 Å². The molecule has 1 fully saturated rings. The fraction of sp³-hybridized carbons (Fsp3) is 0.400. The van der Waals surface area contributed by atoms with Gasteiger partial charge in [0.25, 0.3) is 5.91 Å². The van der Waals surface area contributed by atoms with Gasteiger partial charge in [-0.2, -0.15) is 5.10 Å². The number of methoxy groups -OCH3 is 1. The maximum absolute atomic E-state index is 12.2. The van der Waals surface area contributed by atoms with Gasteiger partial charge in [-0.25, -0.2) is 4.98 Å². The molecule has 2 aromatic rings. The first-order valence-electron chi connectivity index (χ1n) is 7.13. The maximum atomic E-state index is 12.2. The summed E-state index contributed by atoms with van der Waals surface area (Å²) in [5.74, 6) is 0.240. The van der Waals surface area contributed by atoms with Gasteiger partial charge in [0.1, 0.15) is 0 Å². The fourth-order valence-electron chi connectivity index (χ4n) is 2.63. The lowest BCUT2D eigenvalue weighted by Gasteiger charge is -2.09. The van der Waals surface area contributed by atoms with Crippen LogP contribution < -0.4 is 10.1 Å². The summed E-state index contributed by atoms with van der Waals surface area (Å²) in [6, 6.07) is 5.58. The zero-order valence-electron chi connectivity index (χ0n) is 12.0. The van der Waals surface area contributed by atoms with E-state index in [1.807, 2.05) is 10.9 Å². The fourth-order valence-corrected chi connectivity index (χ4v) is 2.63. The van der Waals surface area contributed by atoms with Crippen molar-refractivity contribution in [2.75, 3.05) is 12.4 Å². The van der Waals surface area contributed by atoms with Crippen molar-refractivity contribution in [3.05, 3.63) is 36.3 Å². The molecule has 3 rings (SSSR count). The third kappa shape index (κ3) is 3.04. The Kier molecular flexibility index (Phi) is 3.85. The van der Waals surface area contributed by atoms with Crippen LogP contribution in [-0.4, -0.2) is 27.8 Å². The van der Waals surface area contributed by atoms with Crippen LogP contribution in [0, 0.1) is 0 Å². The number of carbonyl (C=O) groups excluding carboxylic acids is 1. The van der Waals surface area contributed by atoms with Crippen LogP contribution in [0.5, 0.6) is 5.88 Å². The van der Waals surface area contributed by atoms with Gasteiger partial charge in [0.05, 0.1) is 13.2 Å². The Bertz CT molecular complexity index is 632. The zero-order valence-corrected chi connectivity index (χ0v) is 12.0. The molecular weight excluding hydrogens is 268 g/mol. The second-order valence-corrected chi connectivity index (χ2v) is 5.16. The van der Waals surface area contributed by atoms with E-state index in [1.54, 1.807) is 24.4 Å². The van der Waals surface area contributed by atoms with Crippen LogP contribution in [0.3, 0.4) is 0 Å². The Balaban J connectivity index is 1.70. The molecule has 0 bridgehead atoms. The summed E-state index contributed by atoms with van der Waals surface area (Å²) in [5, 5.41) is 7.19. The number of nitrogens with zero attached hydrogens (tertiary/aromatic N) is 3. The lowest BCUT2D eigenvalue weighted by molar-refractivity contribution is 0.102. The smallest absolute Gasteiger partial charge is 0.276 e. The summed E-state index contributed by atoms with van der Waals surface area (Å²) in [4.78, 5) is 16.2. The van der Waals surface area contributed by atoms with Crippen molar-refractivity contribution in [2.24, 2.45) is 0 Å². The van der Waals surface area contributed by atoms with Crippen LogP contribution in [0.15, 0.2) is 30.6 Å². The van der Waals surface area contributed by atoms with Crippen molar-refractivity contribution in [1.29, 1.82) is 0 Å². The van der Waals surface area contributed by atoms with Crippen molar-refractivity contribution in [1.82, 2.24) is 14.8 Å². The molecule has 6 nitrogen and oxygen atoms in total. The molecule has 1 amide bonds. The molecule has 0 saturated heterocycles. The van der Waals surface area contributed by atoms with E-state index >= 15 is 0 Å². The minimum atomic E-state index is -0.222. The van der Waals surface area contributed by atoms with E-state index in [0.717, 1.165) is 12.8 Å². The molecule has 2 heterocycles. The summed E-state index contributed by atoms with van der Waals surface area (Å²) in [5.41, 5.74) is 1.07. The van der Waals surface area contributed by atoms with Crippen molar-refractivity contribution >= 4 is 11.6 Å². The number of amides is 1. The number of carbonyl (C=O) groups is 1. The van der Waals surface area contributed by atoms with Crippen molar-refractivity contribution < 1.29 is 9.53 Å². The number of ether oxygens (including phenoxy) is 1. The quantitative estimate of drug-likeness (QED) is 0.938. The normalized spacial score (nSPS) is 15.1. The Morgan fingerprint density at radius 2 is 2.19 bits per heavy atom. The van der Waals surface area contributed by atoms with Gasteiger partial charge in [0, 0.05) is 24.1 Å². The second kappa shape index (κ2) is 5.95. The highest BCUT2D eigenvalue weighted by Gasteiger charge is 2.19. The third-order valence-electron chi connectivity index (χ3n) is 3.74. The van der Waals surface area contributed by atoms with E-state index in [-0.39, 0.29) is 5.91 Å². The zero-order chi connectivity index (χ0) is 14.7. The van der Waals surface area contributed by atoms with Crippen LogP contribution in [0.4, 0.5) is 5.69 Å². The molecule has 0 unspecified atom stereocenters. The van der Waals surface area contributed by atoms with Gasteiger partial charge in [0.15, 0.2) is 5.69 Å². The minimum absolute atomic E-state index is 0.222. The summed E-state index contributed by atoms with van der Waals surface area (Å²) in [7, 11) is 1.54. The number of aromatic nitrogens is 3. The average molecular weight is 286 g/mol. The molecule has 0 aromatic carbocycles. The molecule has 1 saturated carbocycles. The van der Waals surface area contributed by atoms with Crippen LogP contribution in [-0.2, 0) is 0 Å². The van der Waals surface area contributed by atoms with E-state index in [9.17, 15) is 4.79 Å². The van der Waals surface area contributed by atoms with Crippen LogP contribution in [0.1, 0.15) is 42.2 Å². The van der Waals surface area contributed by atoms with E-state index < -0.39 is 0 Å². The van der Waals surface area contributed by atoms with Gasteiger partial charge in [-0.3, -0.25) is 9.48 Å². The number of hydrogen-bond acceptors (Lipinski definition) is 4. The monoisotopic (exact) mass is 286 g/mol. The van der Waals surface area contributed by atoms with Crippen LogP contribution in [0.25, 0.3) is 0 Å². The lowest BCUT2D eigenvalue weighted by Crippen LogP contribution is -2.14. The topological polar surface area (TPSA) is 69.0 Å². The molecule has 1 N–H and O–H groups in total. The summed E-state index contributed by atoms with van der Waals surface area (Å²) in [6.45, 7) is 0. The average Bonchev–Trinajstić information content (AvgIpc) is 3.18. The predicted molar refractivity (Wildman–Crippen MR) is 78.5 cm³/mol. The standard InChI is InChI=1S/C15H18N4O2/c1-21-14-10-11(6-8-16-14)17-15(20)13-7-9-19(18-13)12-4-2-3-5-12/h6-10,12H,2-5H2,1H3,(H,16,17,20). The molecule has 0 radical (unpaired) electrons. The van der Waals surface area contributed by atoms with Crippen molar-refractivity contribution in [3.8, 4) is 5.88 Å². The predicted octanol–water partition coefficient (Wildman–Crippen LogP) is 2.65. The number of hydrogen-bond donors (Lipinski definition) is 1. The van der Waals surface area contributed by atoms with Crippen LogP contribution >= 0.6 is 0 Å².